The largest absolute Gasteiger partial charge is 0.328 e. The second-order valence-electron chi connectivity index (χ2n) is 6.31. The van der Waals surface area contributed by atoms with E-state index in [-0.39, 0.29) is 11.7 Å². The molecule has 1 aliphatic rings. The molecule has 0 saturated heterocycles. The van der Waals surface area contributed by atoms with Crippen LogP contribution in [0.25, 0.3) is 0 Å². The van der Waals surface area contributed by atoms with E-state index in [1.807, 2.05) is 43.5 Å². The number of benzene rings is 2. The zero-order chi connectivity index (χ0) is 19.7. The minimum absolute atomic E-state index is 0.280. The number of nitrogens with zero attached hydrogens (tertiary/aromatic N) is 3. The monoisotopic (exact) mass is 395 g/mol. The maximum absolute atomic E-state index is 14.0. The summed E-state index contributed by atoms with van der Waals surface area (Å²) < 4.78 is 15.6. The topological polar surface area (TPSA) is 71.8 Å². The number of halogens is 1. The summed E-state index contributed by atoms with van der Waals surface area (Å²) in [5.41, 5.74) is 2.41. The van der Waals surface area contributed by atoms with Gasteiger partial charge in [0.25, 0.3) is 5.91 Å². The van der Waals surface area contributed by atoms with Crippen molar-refractivity contribution in [2.75, 3.05) is 16.9 Å². The van der Waals surface area contributed by atoms with E-state index in [4.69, 9.17) is 0 Å². The predicted octanol–water partition coefficient (Wildman–Crippen LogP) is 4.07. The third kappa shape index (κ3) is 3.38. The quantitative estimate of drug-likeness (QED) is 0.652. The molecule has 0 fully saturated rings. The smallest absolute Gasteiger partial charge is 0.255 e. The number of fused-ring (bicyclic) bond motifs is 1. The predicted molar refractivity (Wildman–Crippen MR) is 108 cm³/mol. The number of rotatable bonds is 4. The van der Waals surface area contributed by atoms with Crippen molar-refractivity contribution in [2.45, 2.75) is 18.1 Å². The molecule has 0 spiro atoms. The Kier molecular flexibility index (Phi) is 4.87. The van der Waals surface area contributed by atoms with Crippen molar-refractivity contribution in [1.29, 1.82) is 0 Å². The zero-order valence-electron chi connectivity index (χ0n) is 15.3. The van der Waals surface area contributed by atoms with E-state index in [0.717, 1.165) is 0 Å². The van der Waals surface area contributed by atoms with Gasteiger partial charge < -0.3 is 10.6 Å². The molecule has 1 aliphatic heterocycles. The van der Waals surface area contributed by atoms with Gasteiger partial charge in [0.05, 0.1) is 5.57 Å². The molecule has 0 saturated carbocycles. The van der Waals surface area contributed by atoms with Crippen LogP contribution in [0.2, 0.25) is 0 Å². The van der Waals surface area contributed by atoms with Crippen LogP contribution in [0.1, 0.15) is 18.5 Å². The number of thioether (sulfide) groups is 1. The summed E-state index contributed by atoms with van der Waals surface area (Å²) in [6, 6.07) is 14.8. The minimum atomic E-state index is -0.593. The van der Waals surface area contributed by atoms with Gasteiger partial charge in [-0.2, -0.15) is 4.98 Å². The summed E-state index contributed by atoms with van der Waals surface area (Å²) in [4.78, 5) is 17.6. The number of anilines is 2. The average molecular weight is 395 g/mol. The fraction of sp³-hybridized carbons (Fsp3) is 0.150. The molecule has 2 N–H and O–H groups in total. The Morgan fingerprint density at radius 2 is 2.00 bits per heavy atom. The summed E-state index contributed by atoms with van der Waals surface area (Å²) in [5, 5.41) is 11.1. The molecule has 1 amide bonds. The lowest BCUT2D eigenvalue weighted by Gasteiger charge is -2.28. The molecule has 0 unspecified atom stereocenters. The first-order valence-electron chi connectivity index (χ1n) is 8.67. The Bertz CT molecular complexity index is 1060. The molecule has 1 atom stereocenters. The maximum atomic E-state index is 14.0. The molecule has 142 valence electrons. The van der Waals surface area contributed by atoms with Crippen LogP contribution in [-0.2, 0) is 4.79 Å². The van der Waals surface area contributed by atoms with Gasteiger partial charge in [0.1, 0.15) is 11.9 Å². The van der Waals surface area contributed by atoms with Crippen molar-refractivity contribution < 1.29 is 9.18 Å². The second-order valence-corrected chi connectivity index (χ2v) is 7.08. The lowest BCUT2D eigenvalue weighted by Crippen LogP contribution is -2.31. The van der Waals surface area contributed by atoms with E-state index >= 15 is 0 Å². The van der Waals surface area contributed by atoms with Crippen molar-refractivity contribution in [2.24, 2.45) is 0 Å². The van der Waals surface area contributed by atoms with Gasteiger partial charge in [-0.15, -0.1) is 5.10 Å². The standard InChI is InChI=1S/C20H18FN5OS/c1-12-16(18(27)23-15-9-4-3-5-10-15)17(13-7-6-8-14(21)11-13)26-19(22-12)24-20(25-26)28-2/h3-11,17H,1-2H3,(H,23,27)(H,22,24,25)/t17-/m0/s1. The fourth-order valence-electron chi connectivity index (χ4n) is 3.22. The lowest BCUT2D eigenvalue weighted by atomic mass is 9.95. The first-order valence-corrected chi connectivity index (χ1v) is 9.89. The second kappa shape index (κ2) is 7.47. The SMILES string of the molecule is CSc1nc2n(n1)[C@@H](c1cccc(F)c1)C(C(=O)Nc1ccccc1)=C(C)N2. The van der Waals surface area contributed by atoms with Crippen molar-refractivity contribution >= 4 is 29.3 Å². The molecule has 0 radical (unpaired) electrons. The van der Waals surface area contributed by atoms with Gasteiger partial charge in [-0.05, 0) is 43.0 Å². The molecule has 28 heavy (non-hydrogen) atoms. The third-order valence-corrected chi connectivity index (χ3v) is 4.99. The molecule has 6 nitrogen and oxygen atoms in total. The highest BCUT2D eigenvalue weighted by Crippen LogP contribution is 2.36. The number of nitrogens with one attached hydrogen (secondary N) is 2. The number of carbonyl (C=O) groups excluding carboxylic acids is 1. The molecule has 2 heterocycles. The molecule has 3 aromatic rings. The number of amides is 1. The zero-order valence-corrected chi connectivity index (χ0v) is 16.1. The molecule has 0 bridgehead atoms. The van der Waals surface area contributed by atoms with Gasteiger partial charge in [-0.3, -0.25) is 4.79 Å². The normalized spacial score (nSPS) is 15.8. The van der Waals surface area contributed by atoms with Crippen molar-refractivity contribution in [3.63, 3.8) is 0 Å². The van der Waals surface area contributed by atoms with Crippen LogP contribution in [0.5, 0.6) is 0 Å². The first kappa shape index (κ1) is 18.2. The first-order chi connectivity index (χ1) is 13.6. The summed E-state index contributed by atoms with van der Waals surface area (Å²) in [7, 11) is 0. The number of allylic oxidation sites excluding steroid dienone is 1. The fourth-order valence-corrected chi connectivity index (χ4v) is 3.56. The van der Waals surface area contributed by atoms with E-state index in [0.29, 0.717) is 33.6 Å². The summed E-state index contributed by atoms with van der Waals surface area (Å²) in [6.07, 6.45) is 1.88. The van der Waals surface area contributed by atoms with Crippen LogP contribution in [0.4, 0.5) is 16.0 Å². The van der Waals surface area contributed by atoms with Gasteiger partial charge in [-0.25, -0.2) is 9.07 Å². The molecule has 0 aliphatic carbocycles. The van der Waals surface area contributed by atoms with Crippen LogP contribution in [-0.4, -0.2) is 26.9 Å². The van der Waals surface area contributed by atoms with Gasteiger partial charge in [-0.1, -0.05) is 42.1 Å². The molecule has 1 aromatic heterocycles. The number of hydrogen-bond donors (Lipinski definition) is 2. The van der Waals surface area contributed by atoms with E-state index < -0.39 is 6.04 Å². The summed E-state index contributed by atoms with van der Waals surface area (Å²) >= 11 is 1.40. The van der Waals surface area contributed by atoms with Crippen molar-refractivity contribution in [3.05, 3.63) is 77.2 Å². The van der Waals surface area contributed by atoms with Crippen LogP contribution < -0.4 is 10.6 Å². The molecular weight excluding hydrogens is 377 g/mol. The van der Waals surface area contributed by atoms with Crippen LogP contribution in [0.15, 0.2) is 71.0 Å². The van der Waals surface area contributed by atoms with Crippen molar-refractivity contribution in [3.8, 4) is 0 Å². The number of carbonyl (C=O) groups is 1. The Labute approximate surface area is 165 Å². The molecule has 4 rings (SSSR count). The Morgan fingerprint density at radius 3 is 2.71 bits per heavy atom. The molecule has 2 aromatic carbocycles. The maximum Gasteiger partial charge on any atom is 0.255 e. The molecule has 8 heteroatoms. The number of para-hydroxylation sites is 1. The van der Waals surface area contributed by atoms with E-state index in [1.54, 1.807) is 16.8 Å². The lowest BCUT2D eigenvalue weighted by molar-refractivity contribution is -0.113. The highest BCUT2D eigenvalue weighted by atomic mass is 32.2. The van der Waals surface area contributed by atoms with Crippen LogP contribution in [0.3, 0.4) is 0 Å². The van der Waals surface area contributed by atoms with Crippen molar-refractivity contribution in [1.82, 2.24) is 14.8 Å². The number of aromatic nitrogens is 3. The number of hydrogen-bond acceptors (Lipinski definition) is 5. The van der Waals surface area contributed by atoms with Gasteiger partial charge >= 0.3 is 0 Å². The van der Waals surface area contributed by atoms with Gasteiger partial charge in [0.15, 0.2) is 0 Å². The van der Waals surface area contributed by atoms with Crippen LogP contribution in [0, 0.1) is 5.82 Å². The minimum Gasteiger partial charge on any atom is -0.328 e. The van der Waals surface area contributed by atoms with Gasteiger partial charge in [0, 0.05) is 11.4 Å². The van der Waals surface area contributed by atoms with E-state index in [2.05, 4.69) is 20.7 Å². The summed E-state index contributed by atoms with van der Waals surface area (Å²) in [5.74, 6) is -0.132. The highest BCUT2D eigenvalue weighted by molar-refractivity contribution is 7.98. The molecular formula is C20H18FN5OS. The average Bonchev–Trinajstić information content (AvgIpc) is 3.10. The third-order valence-electron chi connectivity index (χ3n) is 4.46. The Balaban J connectivity index is 1.81. The highest BCUT2D eigenvalue weighted by Gasteiger charge is 2.34. The van der Waals surface area contributed by atoms with Gasteiger partial charge in [0.2, 0.25) is 11.1 Å². The summed E-state index contributed by atoms with van der Waals surface area (Å²) in [6.45, 7) is 1.81. The Hall–Kier alpha value is -3.13. The van der Waals surface area contributed by atoms with E-state index in [1.165, 1.54) is 23.9 Å². The van der Waals surface area contributed by atoms with E-state index in [9.17, 15) is 9.18 Å². The van der Waals surface area contributed by atoms with Crippen LogP contribution >= 0.6 is 11.8 Å². The Morgan fingerprint density at radius 1 is 1.21 bits per heavy atom.